The van der Waals surface area contributed by atoms with Crippen LogP contribution in [0.15, 0.2) is 58.0 Å². The predicted octanol–water partition coefficient (Wildman–Crippen LogP) is 3.00. The van der Waals surface area contributed by atoms with Crippen LogP contribution in [-0.2, 0) is 9.59 Å². The molecule has 0 bridgehead atoms. The number of ether oxygens (including phenoxy) is 1. The second kappa shape index (κ2) is 9.15. The smallest absolute Gasteiger partial charge is 0.341 e. The summed E-state index contributed by atoms with van der Waals surface area (Å²) in [5.74, 6) is -0.589. The Kier molecular flexibility index (Phi) is 6.39. The summed E-state index contributed by atoms with van der Waals surface area (Å²) in [7, 11) is 0. The Hall–Kier alpha value is -2.91. The minimum atomic E-state index is -1.04. The molecular formula is C18H15N3O4S2. The van der Waals surface area contributed by atoms with Crippen LogP contribution in [0.5, 0.6) is 5.75 Å². The number of nitrogens with zero attached hydrogens (tertiary/aromatic N) is 2. The van der Waals surface area contributed by atoms with E-state index in [0.29, 0.717) is 5.75 Å². The zero-order chi connectivity index (χ0) is 19.1. The number of carboxylic acid groups (broad SMARTS) is 1. The first-order chi connectivity index (χ1) is 13.1. The van der Waals surface area contributed by atoms with Crippen molar-refractivity contribution < 1.29 is 19.4 Å². The monoisotopic (exact) mass is 401 g/mol. The molecule has 138 valence electrons. The van der Waals surface area contributed by atoms with Crippen molar-refractivity contribution in [3.63, 3.8) is 0 Å². The van der Waals surface area contributed by atoms with Crippen molar-refractivity contribution in [1.29, 1.82) is 0 Å². The molecule has 1 aromatic heterocycles. The fourth-order valence-electron chi connectivity index (χ4n) is 2.05. The second-order valence-corrected chi connectivity index (χ2v) is 7.53. The van der Waals surface area contributed by atoms with Crippen LogP contribution in [0.3, 0.4) is 0 Å². The van der Waals surface area contributed by atoms with Gasteiger partial charge in [0, 0.05) is 0 Å². The summed E-state index contributed by atoms with van der Waals surface area (Å²) < 4.78 is 6.97. The van der Waals surface area contributed by atoms with Crippen LogP contribution in [0.25, 0.3) is 10.2 Å². The van der Waals surface area contributed by atoms with Gasteiger partial charge in [0.2, 0.25) is 0 Å². The van der Waals surface area contributed by atoms with Crippen LogP contribution in [-0.4, -0.2) is 40.5 Å². The van der Waals surface area contributed by atoms with Crippen molar-refractivity contribution in [2.45, 2.75) is 4.34 Å². The van der Waals surface area contributed by atoms with E-state index in [1.165, 1.54) is 18.0 Å². The van der Waals surface area contributed by atoms with Crippen molar-refractivity contribution in [2.75, 3.05) is 12.4 Å². The fourth-order valence-corrected chi connectivity index (χ4v) is 3.91. The number of nitrogens with one attached hydrogen (secondary N) is 1. The SMILES string of the molecule is O=C(O)COc1ccc(/C=N\NC(=O)CSc2nc3ccccc3s2)cc1. The van der Waals surface area contributed by atoms with E-state index in [9.17, 15) is 9.59 Å². The molecule has 2 N–H and O–H groups in total. The molecule has 1 amide bonds. The lowest BCUT2D eigenvalue weighted by Gasteiger charge is -2.02. The number of rotatable bonds is 8. The molecule has 0 spiro atoms. The van der Waals surface area contributed by atoms with Gasteiger partial charge in [0.25, 0.3) is 5.91 Å². The summed E-state index contributed by atoms with van der Waals surface area (Å²) in [4.78, 5) is 26.8. The number of para-hydroxylation sites is 1. The molecule has 0 aliphatic heterocycles. The van der Waals surface area contributed by atoms with Gasteiger partial charge in [-0.25, -0.2) is 15.2 Å². The lowest BCUT2D eigenvalue weighted by molar-refractivity contribution is -0.139. The van der Waals surface area contributed by atoms with E-state index in [1.807, 2.05) is 24.3 Å². The summed E-state index contributed by atoms with van der Waals surface area (Å²) in [6.45, 7) is -0.393. The quantitative estimate of drug-likeness (QED) is 0.342. The predicted molar refractivity (Wildman–Crippen MR) is 106 cm³/mol. The highest BCUT2D eigenvalue weighted by molar-refractivity contribution is 8.01. The fraction of sp³-hybridized carbons (Fsp3) is 0.111. The molecule has 0 atom stereocenters. The van der Waals surface area contributed by atoms with Gasteiger partial charge in [0.1, 0.15) is 5.75 Å². The summed E-state index contributed by atoms with van der Waals surface area (Å²) in [5, 5.41) is 12.5. The van der Waals surface area contributed by atoms with Crippen molar-refractivity contribution in [3.05, 3.63) is 54.1 Å². The second-order valence-electron chi connectivity index (χ2n) is 5.28. The first-order valence-corrected chi connectivity index (χ1v) is 9.65. The maximum Gasteiger partial charge on any atom is 0.341 e. The number of carbonyl (C=O) groups is 2. The highest BCUT2D eigenvalue weighted by Crippen LogP contribution is 2.28. The van der Waals surface area contributed by atoms with E-state index in [0.717, 1.165) is 20.1 Å². The van der Waals surface area contributed by atoms with Crippen molar-refractivity contribution in [2.24, 2.45) is 5.10 Å². The number of thiazole rings is 1. The van der Waals surface area contributed by atoms with Gasteiger partial charge in [0.05, 0.1) is 22.2 Å². The van der Waals surface area contributed by atoms with Crippen molar-refractivity contribution in [3.8, 4) is 5.75 Å². The minimum absolute atomic E-state index is 0.221. The number of thioether (sulfide) groups is 1. The molecule has 0 saturated carbocycles. The first kappa shape index (κ1) is 18.9. The van der Waals surface area contributed by atoms with Crippen LogP contribution >= 0.6 is 23.1 Å². The molecule has 0 aliphatic carbocycles. The summed E-state index contributed by atoms with van der Waals surface area (Å²) in [6.07, 6.45) is 1.50. The van der Waals surface area contributed by atoms with Gasteiger partial charge in [-0.2, -0.15) is 5.10 Å². The molecule has 3 aromatic rings. The summed E-state index contributed by atoms with van der Waals surface area (Å²) >= 11 is 2.92. The van der Waals surface area contributed by atoms with Crippen molar-refractivity contribution >= 4 is 51.4 Å². The Balaban J connectivity index is 1.44. The molecule has 1 heterocycles. The Morgan fingerprint density at radius 1 is 1.22 bits per heavy atom. The molecule has 0 aliphatic rings. The molecule has 0 radical (unpaired) electrons. The third kappa shape index (κ3) is 5.80. The highest BCUT2D eigenvalue weighted by atomic mass is 32.2. The number of hydrazone groups is 1. The number of aromatic nitrogens is 1. The zero-order valence-corrected chi connectivity index (χ0v) is 15.6. The zero-order valence-electron chi connectivity index (χ0n) is 14.0. The summed E-state index contributed by atoms with van der Waals surface area (Å²) in [6, 6.07) is 14.5. The maximum absolute atomic E-state index is 11.9. The highest BCUT2D eigenvalue weighted by Gasteiger charge is 2.07. The van der Waals surface area contributed by atoms with Gasteiger partial charge in [-0.1, -0.05) is 23.9 Å². The van der Waals surface area contributed by atoms with Gasteiger partial charge >= 0.3 is 5.97 Å². The number of hydrogen-bond donors (Lipinski definition) is 2. The number of amides is 1. The number of hydrogen-bond acceptors (Lipinski definition) is 7. The largest absolute Gasteiger partial charge is 0.482 e. The Morgan fingerprint density at radius 3 is 2.74 bits per heavy atom. The molecule has 3 rings (SSSR count). The van der Waals surface area contributed by atoms with Gasteiger partial charge in [-0.3, -0.25) is 4.79 Å². The van der Waals surface area contributed by atoms with Crippen LogP contribution < -0.4 is 10.2 Å². The van der Waals surface area contributed by atoms with E-state index >= 15 is 0 Å². The van der Waals surface area contributed by atoms with Gasteiger partial charge in [-0.15, -0.1) is 11.3 Å². The van der Waals surface area contributed by atoms with E-state index in [1.54, 1.807) is 35.6 Å². The average Bonchev–Trinajstić information content (AvgIpc) is 3.09. The third-order valence-corrected chi connectivity index (χ3v) is 5.43. The molecular weight excluding hydrogens is 386 g/mol. The molecule has 0 saturated heterocycles. The topological polar surface area (TPSA) is 101 Å². The number of carbonyl (C=O) groups excluding carboxylic acids is 1. The van der Waals surface area contributed by atoms with Gasteiger partial charge in [-0.05, 0) is 42.0 Å². The Labute approximate surface area is 163 Å². The van der Waals surface area contributed by atoms with Crippen LogP contribution in [0.1, 0.15) is 5.56 Å². The normalized spacial score (nSPS) is 11.0. The molecule has 0 fully saturated rings. The van der Waals surface area contributed by atoms with E-state index in [2.05, 4.69) is 15.5 Å². The van der Waals surface area contributed by atoms with Gasteiger partial charge < -0.3 is 9.84 Å². The van der Waals surface area contributed by atoms with E-state index < -0.39 is 12.6 Å². The first-order valence-electron chi connectivity index (χ1n) is 7.85. The molecule has 7 nitrogen and oxygen atoms in total. The minimum Gasteiger partial charge on any atom is -0.482 e. The number of aliphatic carboxylic acids is 1. The number of benzene rings is 2. The van der Waals surface area contributed by atoms with E-state index in [-0.39, 0.29) is 11.7 Å². The average molecular weight is 401 g/mol. The number of carboxylic acids is 1. The van der Waals surface area contributed by atoms with Crippen LogP contribution in [0, 0.1) is 0 Å². The summed E-state index contributed by atoms with van der Waals surface area (Å²) in [5.41, 5.74) is 4.14. The Morgan fingerprint density at radius 2 is 2.00 bits per heavy atom. The van der Waals surface area contributed by atoms with Crippen molar-refractivity contribution in [1.82, 2.24) is 10.4 Å². The molecule has 9 heteroatoms. The maximum atomic E-state index is 11.9. The lowest BCUT2D eigenvalue weighted by Crippen LogP contribution is -2.19. The molecule has 0 unspecified atom stereocenters. The van der Waals surface area contributed by atoms with Crippen LogP contribution in [0.2, 0.25) is 0 Å². The Bertz CT molecular complexity index is 937. The standard InChI is InChI=1S/C18H15N3O4S2/c22-16(11-26-18-20-14-3-1-2-4-15(14)27-18)21-19-9-12-5-7-13(8-6-12)25-10-17(23)24/h1-9H,10-11H2,(H,21,22)(H,23,24)/b19-9-. The molecule has 2 aromatic carbocycles. The van der Waals surface area contributed by atoms with E-state index in [4.69, 9.17) is 9.84 Å². The van der Waals surface area contributed by atoms with Gasteiger partial charge in [0.15, 0.2) is 10.9 Å². The lowest BCUT2D eigenvalue weighted by atomic mass is 10.2. The van der Waals surface area contributed by atoms with Crippen LogP contribution in [0.4, 0.5) is 0 Å². The number of fused-ring (bicyclic) bond motifs is 1. The molecule has 27 heavy (non-hydrogen) atoms. The third-order valence-electron chi connectivity index (χ3n) is 3.25.